The Labute approximate surface area is 148 Å². The van der Waals surface area contributed by atoms with Gasteiger partial charge in [0, 0.05) is 30.4 Å². The molecule has 24 heavy (non-hydrogen) atoms. The van der Waals surface area contributed by atoms with Crippen LogP contribution in [0.4, 0.5) is 0 Å². The van der Waals surface area contributed by atoms with Crippen LogP contribution < -0.4 is 0 Å². The second-order valence-electron chi connectivity index (χ2n) is 5.13. The van der Waals surface area contributed by atoms with E-state index in [-0.39, 0.29) is 5.91 Å². The number of benzene rings is 1. The molecule has 0 radical (unpaired) electrons. The van der Waals surface area contributed by atoms with Gasteiger partial charge in [0.25, 0.3) is 5.91 Å². The Hall–Kier alpha value is -2.25. The topological polar surface area (TPSA) is 59.0 Å². The molecule has 0 aliphatic rings. The zero-order valence-corrected chi connectivity index (χ0v) is 15.0. The average Bonchev–Trinajstić information content (AvgIpc) is 3.10. The maximum atomic E-state index is 12.4. The number of amides is 1. The number of carbonyl (C=O) groups is 1. The van der Waals surface area contributed by atoms with Crippen LogP contribution in [0.1, 0.15) is 16.1 Å². The van der Waals surface area contributed by atoms with Crippen molar-refractivity contribution in [3.63, 3.8) is 0 Å². The molecule has 3 rings (SSSR count). The second kappa shape index (κ2) is 7.55. The molecule has 0 unspecified atom stereocenters. The largest absolute Gasteiger partial charge is 0.336 e. The van der Waals surface area contributed by atoms with Crippen molar-refractivity contribution < 1.29 is 4.79 Å². The molecule has 7 heteroatoms. The molecule has 0 saturated carbocycles. The molecule has 0 aliphatic carbocycles. The lowest BCUT2D eigenvalue weighted by atomic mass is 10.2. The predicted octanol–water partition coefficient (Wildman–Crippen LogP) is 3.59. The van der Waals surface area contributed by atoms with E-state index < -0.39 is 0 Å². The molecule has 2 heterocycles. The van der Waals surface area contributed by atoms with Crippen molar-refractivity contribution in [2.24, 2.45) is 0 Å². The molecule has 122 valence electrons. The Morgan fingerprint density at radius 3 is 2.58 bits per heavy atom. The Morgan fingerprint density at radius 2 is 1.92 bits per heavy atom. The molecule has 0 fully saturated rings. The first kappa shape index (κ1) is 16.6. The van der Waals surface area contributed by atoms with Gasteiger partial charge in [0.1, 0.15) is 5.01 Å². The molecule has 3 aromatic rings. The standard InChI is InChI=1S/C17H16N4OS2/c1-21(16(22)13-8-18-17(23-2)19-9-13)10-14-11-24-15(20-14)12-6-4-3-5-7-12/h3-9,11H,10H2,1-2H3. The van der Waals surface area contributed by atoms with Crippen molar-refractivity contribution in [3.05, 3.63) is 59.4 Å². The summed E-state index contributed by atoms with van der Waals surface area (Å²) in [5, 5.41) is 3.60. The summed E-state index contributed by atoms with van der Waals surface area (Å²) < 4.78 is 0. The molecular formula is C17H16N4OS2. The second-order valence-corrected chi connectivity index (χ2v) is 6.76. The summed E-state index contributed by atoms with van der Waals surface area (Å²) in [6.45, 7) is 0.451. The lowest BCUT2D eigenvalue weighted by Gasteiger charge is -2.15. The van der Waals surface area contributed by atoms with Gasteiger partial charge in [-0.25, -0.2) is 15.0 Å². The third kappa shape index (κ3) is 3.80. The van der Waals surface area contributed by atoms with Crippen molar-refractivity contribution in [1.82, 2.24) is 19.9 Å². The number of carbonyl (C=O) groups excluding carboxylic acids is 1. The van der Waals surface area contributed by atoms with Gasteiger partial charge in [0.05, 0.1) is 17.8 Å². The van der Waals surface area contributed by atoms with E-state index in [2.05, 4.69) is 15.0 Å². The first-order chi connectivity index (χ1) is 11.7. The lowest BCUT2D eigenvalue weighted by Crippen LogP contribution is -2.26. The van der Waals surface area contributed by atoms with Gasteiger partial charge in [-0.3, -0.25) is 4.79 Å². The Kier molecular flexibility index (Phi) is 5.22. The quantitative estimate of drug-likeness (QED) is 0.516. The SMILES string of the molecule is CSc1ncc(C(=O)N(C)Cc2csc(-c3ccccc3)n2)cn1. The van der Waals surface area contributed by atoms with Crippen LogP contribution in [0.2, 0.25) is 0 Å². The zero-order valence-electron chi connectivity index (χ0n) is 13.3. The van der Waals surface area contributed by atoms with Crippen LogP contribution >= 0.6 is 23.1 Å². The van der Waals surface area contributed by atoms with E-state index in [4.69, 9.17) is 0 Å². The van der Waals surface area contributed by atoms with E-state index in [1.807, 2.05) is 42.0 Å². The summed E-state index contributed by atoms with van der Waals surface area (Å²) in [5.41, 5.74) is 2.44. The van der Waals surface area contributed by atoms with Crippen molar-refractivity contribution in [1.29, 1.82) is 0 Å². The van der Waals surface area contributed by atoms with E-state index in [0.717, 1.165) is 16.3 Å². The van der Waals surface area contributed by atoms with Gasteiger partial charge < -0.3 is 4.90 Å². The van der Waals surface area contributed by atoms with Gasteiger partial charge in [0.2, 0.25) is 0 Å². The lowest BCUT2D eigenvalue weighted by molar-refractivity contribution is 0.0782. The molecule has 0 bridgehead atoms. The Balaban J connectivity index is 1.69. The minimum Gasteiger partial charge on any atom is -0.336 e. The van der Waals surface area contributed by atoms with Gasteiger partial charge in [-0.15, -0.1) is 11.3 Å². The third-order valence-electron chi connectivity index (χ3n) is 3.38. The van der Waals surface area contributed by atoms with E-state index in [1.54, 1.807) is 35.7 Å². The Morgan fingerprint density at radius 1 is 1.21 bits per heavy atom. The molecule has 5 nitrogen and oxygen atoms in total. The normalized spacial score (nSPS) is 10.6. The maximum absolute atomic E-state index is 12.4. The van der Waals surface area contributed by atoms with Crippen LogP contribution in [0, 0.1) is 0 Å². The van der Waals surface area contributed by atoms with E-state index in [0.29, 0.717) is 17.3 Å². The zero-order chi connectivity index (χ0) is 16.9. The van der Waals surface area contributed by atoms with Gasteiger partial charge in [0.15, 0.2) is 5.16 Å². The monoisotopic (exact) mass is 356 g/mol. The number of nitrogens with zero attached hydrogens (tertiary/aromatic N) is 4. The molecule has 1 amide bonds. The van der Waals surface area contributed by atoms with Crippen LogP contribution in [0.3, 0.4) is 0 Å². The highest BCUT2D eigenvalue weighted by Crippen LogP contribution is 2.23. The smallest absolute Gasteiger partial charge is 0.257 e. The summed E-state index contributed by atoms with van der Waals surface area (Å²) in [5.74, 6) is -0.114. The highest BCUT2D eigenvalue weighted by Gasteiger charge is 2.15. The average molecular weight is 356 g/mol. The summed E-state index contributed by atoms with van der Waals surface area (Å²) in [6, 6.07) is 10.0. The molecule has 0 N–H and O–H groups in total. The van der Waals surface area contributed by atoms with Crippen LogP contribution in [0.5, 0.6) is 0 Å². The first-order valence-electron chi connectivity index (χ1n) is 7.28. The molecule has 1 aromatic carbocycles. The van der Waals surface area contributed by atoms with Crippen LogP contribution in [0.25, 0.3) is 10.6 Å². The minimum atomic E-state index is -0.114. The van der Waals surface area contributed by atoms with Crippen molar-refractivity contribution >= 4 is 29.0 Å². The van der Waals surface area contributed by atoms with Gasteiger partial charge in [-0.1, -0.05) is 42.1 Å². The van der Waals surface area contributed by atoms with Crippen molar-refractivity contribution in [2.75, 3.05) is 13.3 Å². The fourth-order valence-electron chi connectivity index (χ4n) is 2.16. The summed E-state index contributed by atoms with van der Waals surface area (Å²) >= 11 is 3.03. The fraction of sp³-hybridized carbons (Fsp3) is 0.176. The van der Waals surface area contributed by atoms with Crippen molar-refractivity contribution in [3.8, 4) is 10.6 Å². The van der Waals surface area contributed by atoms with Gasteiger partial charge >= 0.3 is 0 Å². The fourth-order valence-corrected chi connectivity index (χ4v) is 3.29. The first-order valence-corrected chi connectivity index (χ1v) is 9.39. The van der Waals surface area contributed by atoms with Crippen LogP contribution in [0.15, 0.2) is 53.3 Å². The number of thioether (sulfide) groups is 1. The van der Waals surface area contributed by atoms with Crippen LogP contribution in [-0.4, -0.2) is 39.1 Å². The molecule has 0 atom stereocenters. The Bertz CT molecular complexity index is 818. The number of thiazole rings is 1. The molecule has 0 aliphatic heterocycles. The highest BCUT2D eigenvalue weighted by molar-refractivity contribution is 7.98. The molecule has 0 saturated heterocycles. The van der Waals surface area contributed by atoms with Crippen LogP contribution in [-0.2, 0) is 6.54 Å². The number of aromatic nitrogens is 3. The third-order valence-corrected chi connectivity index (χ3v) is 4.89. The maximum Gasteiger partial charge on any atom is 0.257 e. The number of hydrogen-bond donors (Lipinski definition) is 0. The van der Waals surface area contributed by atoms with Gasteiger partial charge in [-0.2, -0.15) is 0 Å². The van der Waals surface area contributed by atoms with Gasteiger partial charge in [-0.05, 0) is 6.26 Å². The summed E-state index contributed by atoms with van der Waals surface area (Å²) in [7, 11) is 1.76. The van der Waals surface area contributed by atoms with E-state index >= 15 is 0 Å². The van der Waals surface area contributed by atoms with E-state index in [9.17, 15) is 4.79 Å². The summed E-state index contributed by atoms with van der Waals surface area (Å²) in [6.07, 6.45) is 5.03. The van der Waals surface area contributed by atoms with Crippen molar-refractivity contribution in [2.45, 2.75) is 11.7 Å². The number of hydrogen-bond acceptors (Lipinski definition) is 6. The molecule has 0 spiro atoms. The highest BCUT2D eigenvalue weighted by atomic mass is 32.2. The minimum absolute atomic E-state index is 0.114. The summed E-state index contributed by atoms with van der Waals surface area (Å²) in [4.78, 5) is 27.0. The number of rotatable bonds is 5. The predicted molar refractivity (Wildman–Crippen MR) is 97.2 cm³/mol. The molecular weight excluding hydrogens is 340 g/mol. The van der Waals surface area contributed by atoms with E-state index in [1.165, 1.54) is 11.8 Å². The molecule has 2 aromatic heterocycles.